The Morgan fingerprint density at radius 3 is 3.00 bits per heavy atom. The lowest BCUT2D eigenvalue weighted by Crippen LogP contribution is -2.05. The van der Waals surface area contributed by atoms with E-state index in [9.17, 15) is 9.59 Å². The van der Waals surface area contributed by atoms with E-state index in [0.717, 1.165) is 23.1 Å². The first kappa shape index (κ1) is 14.8. The van der Waals surface area contributed by atoms with Crippen LogP contribution in [0, 0.1) is 0 Å². The second kappa shape index (κ2) is 6.74. The van der Waals surface area contributed by atoms with Gasteiger partial charge in [0.15, 0.2) is 0 Å². The zero-order valence-corrected chi connectivity index (χ0v) is 12.1. The summed E-state index contributed by atoms with van der Waals surface area (Å²) in [6, 6.07) is 3.64. The van der Waals surface area contributed by atoms with Crippen LogP contribution in [-0.2, 0) is 11.2 Å². The van der Waals surface area contributed by atoms with Crippen LogP contribution >= 0.6 is 0 Å². The molecule has 0 bridgehead atoms. The van der Waals surface area contributed by atoms with Crippen LogP contribution in [-0.4, -0.2) is 22.0 Å². The summed E-state index contributed by atoms with van der Waals surface area (Å²) in [5.74, 6) is 0.00809. The number of pyridine rings is 2. The highest BCUT2D eigenvalue weighted by atomic mass is 16.1. The predicted octanol–water partition coefficient (Wildman–Crippen LogP) is 2.68. The van der Waals surface area contributed by atoms with Crippen molar-refractivity contribution >= 4 is 17.7 Å². The second-order valence-corrected chi connectivity index (χ2v) is 4.71. The van der Waals surface area contributed by atoms with Crippen LogP contribution in [0.15, 0.2) is 40.5 Å². The summed E-state index contributed by atoms with van der Waals surface area (Å²) in [4.78, 5) is 33.5. The SMILES string of the molecule is CCc1cnccc1-c1c[nH]c(=O)c(N=CCC(C)=O)c1. The Kier molecular flexibility index (Phi) is 4.77. The van der Waals surface area contributed by atoms with E-state index in [2.05, 4.69) is 21.9 Å². The van der Waals surface area contributed by atoms with Gasteiger partial charge in [0.05, 0.1) is 0 Å². The highest BCUT2D eigenvalue weighted by molar-refractivity contribution is 5.90. The van der Waals surface area contributed by atoms with Crippen molar-refractivity contribution in [1.82, 2.24) is 9.97 Å². The Balaban J connectivity index is 2.41. The van der Waals surface area contributed by atoms with Gasteiger partial charge in [0.25, 0.3) is 5.56 Å². The first-order valence-electron chi connectivity index (χ1n) is 6.79. The third-order valence-electron chi connectivity index (χ3n) is 3.09. The quantitative estimate of drug-likeness (QED) is 0.857. The minimum Gasteiger partial charge on any atom is -0.327 e. The molecule has 0 fully saturated rings. The molecule has 2 aromatic rings. The molecule has 108 valence electrons. The number of aromatic nitrogens is 2. The molecule has 5 heteroatoms. The molecule has 0 radical (unpaired) electrons. The molecule has 1 N–H and O–H groups in total. The van der Waals surface area contributed by atoms with Crippen LogP contribution in [0.4, 0.5) is 5.69 Å². The molecule has 0 aromatic carbocycles. The van der Waals surface area contributed by atoms with Crippen LogP contribution in [0.2, 0.25) is 0 Å². The van der Waals surface area contributed by atoms with E-state index in [1.54, 1.807) is 18.5 Å². The average Bonchev–Trinajstić information content (AvgIpc) is 2.49. The Labute approximate surface area is 122 Å². The maximum absolute atomic E-state index is 11.8. The van der Waals surface area contributed by atoms with Gasteiger partial charge in [0.1, 0.15) is 11.5 Å². The maximum atomic E-state index is 11.8. The van der Waals surface area contributed by atoms with E-state index in [-0.39, 0.29) is 17.8 Å². The summed E-state index contributed by atoms with van der Waals surface area (Å²) in [6.07, 6.45) is 7.74. The largest absolute Gasteiger partial charge is 0.327 e. The summed E-state index contributed by atoms with van der Waals surface area (Å²) in [5.41, 5.74) is 3.03. The van der Waals surface area contributed by atoms with Crippen LogP contribution in [0.1, 0.15) is 25.8 Å². The minimum atomic E-state index is -0.273. The number of H-pyrrole nitrogens is 1. The van der Waals surface area contributed by atoms with Gasteiger partial charge in [0.2, 0.25) is 0 Å². The molecule has 0 saturated heterocycles. The van der Waals surface area contributed by atoms with Crippen molar-refractivity contribution in [3.63, 3.8) is 0 Å². The van der Waals surface area contributed by atoms with Crippen molar-refractivity contribution in [2.45, 2.75) is 26.7 Å². The minimum absolute atomic E-state index is 0.00809. The molecule has 0 atom stereocenters. The Hall–Kier alpha value is -2.56. The smallest absolute Gasteiger partial charge is 0.273 e. The van der Waals surface area contributed by atoms with Gasteiger partial charge in [-0.1, -0.05) is 6.92 Å². The van der Waals surface area contributed by atoms with Crippen LogP contribution < -0.4 is 5.56 Å². The number of Topliss-reactive ketones (excluding diaryl/α,β-unsaturated/α-hetero) is 1. The van der Waals surface area contributed by atoms with Gasteiger partial charge in [-0.2, -0.15) is 0 Å². The van der Waals surface area contributed by atoms with Gasteiger partial charge in [-0.25, -0.2) is 0 Å². The lowest BCUT2D eigenvalue weighted by molar-refractivity contribution is -0.115. The van der Waals surface area contributed by atoms with Crippen molar-refractivity contribution in [2.24, 2.45) is 4.99 Å². The Bertz CT molecular complexity index is 732. The van der Waals surface area contributed by atoms with Gasteiger partial charge >= 0.3 is 0 Å². The molecule has 2 rings (SSSR count). The monoisotopic (exact) mass is 283 g/mol. The topological polar surface area (TPSA) is 75.2 Å². The van der Waals surface area contributed by atoms with Gasteiger partial charge in [0, 0.05) is 36.8 Å². The molecule has 21 heavy (non-hydrogen) atoms. The Morgan fingerprint density at radius 1 is 1.48 bits per heavy atom. The summed E-state index contributed by atoms with van der Waals surface area (Å²) >= 11 is 0. The van der Waals surface area contributed by atoms with Crippen molar-refractivity contribution < 1.29 is 4.79 Å². The number of nitrogens with zero attached hydrogens (tertiary/aromatic N) is 2. The average molecular weight is 283 g/mol. The summed E-state index contributed by atoms with van der Waals surface area (Å²) < 4.78 is 0. The number of ketones is 1. The second-order valence-electron chi connectivity index (χ2n) is 4.71. The maximum Gasteiger partial charge on any atom is 0.273 e. The van der Waals surface area contributed by atoms with Crippen molar-refractivity contribution in [3.05, 3.63) is 46.6 Å². The Morgan fingerprint density at radius 2 is 2.29 bits per heavy atom. The number of hydrogen-bond donors (Lipinski definition) is 1. The molecule has 0 aliphatic heterocycles. The first-order chi connectivity index (χ1) is 10.1. The highest BCUT2D eigenvalue weighted by Crippen LogP contribution is 2.24. The molecule has 5 nitrogen and oxygen atoms in total. The van der Waals surface area contributed by atoms with Gasteiger partial charge in [-0.3, -0.25) is 19.6 Å². The summed E-state index contributed by atoms with van der Waals surface area (Å²) in [6.45, 7) is 3.54. The predicted molar refractivity (Wildman–Crippen MR) is 83.1 cm³/mol. The number of aryl methyl sites for hydroxylation is 1. The van der Waals surface area contributed by atoms with E-state index in [4.69, 9.17) is 0 Å². The molecule has 0 amide bonds. The zero-order chi connectivity index (χ0) is 15.2. The van der Waals surface area contributed by atoms with Crippen LogP contribution in [0.5, 0.6) is 0 Å². The fourth-order valence-electron chi connectivity index (χ4n) is 1.99. The van der Waals surface area contributed by atoms with Gasteiger partial charge in [-0.05, 0) is 36.6 Å². The van der Waals surface area contributed by atoms with Crippen LogP contribution in [0.25, 0.3) is 11.1 Å². The van der Waals surface area contributed by atoms with E-state index in [1.807, 2.05) is 12.3 Å². The summed E-state index contributed by atoms with van der Waals surface area (Å²) in [5, 5.41) is 0. The van der Waals surface area contributed by atoms with Crippen molar-refractivity contribution in [2.75, 3.05) is 0 Å². The number of aliphatic imine (C=N–C) groups is 1. The molecule has 0 spiro atoms. The zero-order valence-electron chi connectivity index (χ0n) is 12.1. The molecule has 2 heterocycles. The molecule has 2 aromatic heterocycles. The standard InChI is InChI=1S/C16H17N3O2/c1-3-12-9-17-6-5-14(12)13-8-15(16(21)19-10-13)18-7-4-11(2)20/h5-10H,3-4H2,1-2H3,(H,19,21). The lowest BCUT2D eigenvalue weighted by Gasteiger charge is -2.07. The molecule has 0 saturated carbocycles. The fraction of sp³-hybridized carbons (Fsp3) is 0.250. The fourth-order valence-corrected chi connectivity index (χ4v) is 1.99. The molecule has 0 unspecified atom stereocenters. The van der Waals surface area contributed by atoms with Crippen LogP contribution in [0.3, 0.4) is 0 Å². The highest BCUT2D eigenvalue weighted by Gasteiger charge is 2.06. The molecular formula is C16H17N3O2. The summed E-state index contributed by atoms with van der Waals surface area (Å²) in [7, 11) is 0. The molecule has 0 aliphatic rings. The van der Waals surface area contributed by atoms with E-state index in [0.29, 0.717) is 5.69 Å². The first-order valence-corrected chi connectivity index (χ1v) is 6.79. The number of hydrogen-bond acceptors (Lipinski definition) is 4. The number of carbonyl (C=O) groups excluding carboxylic acids is 1. The van der Waals surface area contributed by atoms with Crippen molar-refractivity contribution in [1.29, 1.82) is 0 Å². The van der Waals surface area contributed by atoms with Crippen molar-refractivity contribution in [3.8, 4) is 11.1 Å². The van der Waals surface area contributed by atoms with Gasteiger partial charge in [-0.15, -0.1) is 0 Å². The lowest BCUT2D eigenvalue weighted by atomic mass is 10.0. The third kappa shape index (κ3) is 3.72. The number of carbonyl (C=O) groups is 1. The number of nitrogens with one attached hydrogen (secondary N) is 1. The number of aromatic amines is 1. The normalized spacial score (nSPS) is 11.0. The van der Waals surface area contributed by atoms with Gasteiger partial charge < -0.3 is 4.98 Å². The van der Waals surface area contributed by atoms with E-state index >= 15 is 0 Å². The third-order valence-corrected chi connectivity index (χ3v) is 3.09. The number of rotatable bonds is 5. The van der Waals surface area contributed by atoms with E-state index < -0.39 is 0 Å². The van der Waals surface area contributed by atoms with E-state index in [1.165, 1.54) is 13.1 Å². The molecular weight excluding hydrogens is 266 g/mol. The molecule has 0 aliphatic carbocycles.